The minimum atomic E-state index is -0.889. The number of aromatic nitrogens is 5. The number of aliphatic hydroxyl groups excluding tert-OH is 2. The molecule has 2 aromatic rings. The predicted molar refractivity (Wildman–Crippen MR) is 62.9 cm³/mol. The smallest absolute Gasteiger partial charge is 0.241 e. The molecular formula is C9H13N7O2. The molecule has 0 bridgehead atoms. The molecule has 2 aromatic heterocycles. The lowest BCUT2D eigenvalue weighted by Gasteiger charge is -2.09. The van der Waals surface area contributed by atoms with Gasteiger partial charge in [0.2, 0.25) is 17.8 Å². The number of imidazole rings is 1. The van der Waals surface area contributed by atoms with Gasteiger partial charge in [0.05, 0.1) is 12.7 Å². The van der Waals surface area contributed by atoms with Crippen LogP contribution in [0.2, 0.25) is 0 Å². The van der Waals surface area contributed by atoms with Gasteiger partial charge in [-0.15, -0.1) is 0 Å². The molecule has 18 heavy (non-hydrogen) atoms. The van der Waals surface area contributed by atoms with E-state index in [2.05, 4.69) is 25.3 Å². The number of nitrogens with one attached hydrogen (secondary N) is 1. The number of nitrogens with two attached hydrogens (primary N) is 1. The van der Waals surface area contributed by atoms with E-state index in [1.54, 1.807) is 17.0 Å². The fraction of sp³-hybridized carbons (Fsp3) is 0.333. The molecule has 0 radical (unpaired) electrons. The SMILES string of the molecule is Nc1nc(NCC(O)CO)nc(-n2ccnc2)n1. The van der Waals surface area contributed by atoms with Crippen molar-refractivity contribution in [1.82, 2.24) is 24.5 Å². The molecule has 9 heteroatoms. The van der Waals surface area contributed by atoms with Crippen LogP contribution in [0.4, 0.5) is 11.9 Å². The van der Waals surface area contributed by atoms with Gasteiger partial charge in [0.1, 0.15) is 6.33 Å². The topological polar surface area (TPSA) is 135 Å². The van der Waals surface area contributed by atoms with Crippen molar-refractivity contribution in [3.05, 3.63) is 18.7 Å². The standard InChI is InChI=1S/C9H13N7O2/c10-7-13-8(12-3-6(18)4-17)15-9(14-7)16-2-1-11-5-16/h1-2,5-6,17-18H,3-4H2,(H3,10,12,13,14,15). The summed E-state index contributed by atoms with van der Waals surface area (Å²) in [5.74, 6) is 0.592. The molecule has 2 rings (SSSR count). The first-order chi connectivity index (χ1) is 8.69. The third-order valence-electron chi connectivity index (χ3n) is 2.08. The average molecular weight is 251 g/mol. The Balaban J connectivity index is 2.17. The Morgan fingerprint density at radius 2 is 2.22 bits per heavy atom. The summed E-state index contributed by atoms with van der Waals surface area (Å²) in [6, 6.07) is 0. The zero-order valence-corrected chi connectivity index (χ0v) is 9.43. The summed E-state index contributed by atoms with van der Waals surface area (Å²) in [6.07, 6.45) is 3.89. The Labute approximate surface area is 102 Å². The van der Waals surface area contributed by atoms with Gasteiger partial charge in [-0.1, -0.05) is 0 Å². The highest BCUT2D eigenvalue weighted by Gasteiger charge is 2.07. The number of aliphatic hydroxyl groups is 2. The molecule has 96 valence electrons. The zero-order valence-electron chi connectivity index (χ0n) is 9.43. The van der Waals surface area contributed by atoms with Crippen molar-refractivity contribution >= 4 is 11.9 Å². The summed E-state index contributed by atoms with van der Waals surface area (Å²) in [5, 5.41) is 20.7. The maximum atomic E-state index is 9.21. The predicted octanol–water partition coefficient (Wildman–Crippen LogP) is -1.60. The molecule has 1 unspecified atom stereocenters. The monoisotopic (exact) mass is 251 g/mol. The second-order valence-corrected chi connectivity index (χ2v) is 3.50. The van der Waals surface area contributed by atoms with Crippen LogP contribution < -0.4 is 11.1 Å². The number of hydrogen-bond donors (Lipinski definition) is 4. The van der Waals surface area contributed by atoms with Crippen LogP contribution in [0.1, 0.15) is 0 Å². The van der Waals surface area contributed by atoms with Crippen molar-refractivity contribution < 1.29 is 10.2 Å². The number of nitrogen functional groups attached to an aromatic ring is 1. The molecular weight excluding hydrogens is 238 g/mol. The molecule has 2 heterocycles. The third-order valence-corrected chi connectivity index (χ3v) is 2.08. The summed E-state index contributed by atoms with van der Waals surface area (Å²) in [7, 11) is 0. The van der Waals surface area contributed by atoms with Gasteiger partial charge in [-0.2, -0.15) is 15.0 Å². The summed E-state index contributed by atoms with van der Waals surface area (Å²) >= 11 is 0. The van der Waals surface area contributed by atoms with E-state index in [0.717, 1.165) is 0 Å². The molecule has 0 aliphatic rings. The third kappa shape index (κ3) is 2.90. The minimum Gasteiger partial charge on any atom is -0.394 e. The van der Waals surface area contributed by atoms with Crippen LogP contribution in [0.5, 0.6) is 0 Å². The van der Waals surface area contributed by atoms with Crippen molar-refractivity contribution in [3.63, 3.8) is 0 Å². The van der Waals surface area contributed by atoms with Crippen LogP contribution in [-0.2, 0) is 0 Å². The second-order valence-electron chi connectivity index (χ2n) is 3.50. The average Bonchev–Trinajstić information content (AvgIpc) is 2.89. The molecule has 9 nitrogen and oxygen atoms in total. The van der Waals surface area contributed by atoms with E-state index < -0.39 is 6.10 Å². The second kappa shape index (κ2) is 5.38. The number of rotatable bonds is 5. The summed E-state index contributed by atoms with van der Waals surface area (Å²) in [6.45, 7) is -0.231. The van der Waals surface area contributed by atoms with E-state index in [0.29, 0.717) is 5.95 Å². The molecule has 1 atom stereocenters. The van der Waals surface area contributed by atoms with Gasteiger partial charge in [-0.25, -0.2) is 4.98 Å². The van der Waals surface area contributed by atoms with Crippen molar-refractivity contribution in [2.45, 2.75) is 6.10 Å². The van der Waals surface area contributed by atoms with Crippen molar-refractivity contribution in [2.24, 2.45) is 0 Å². The van der Waals surface area contributed by atoms with Gasteiger partial charge in [0.15, 0.2) is 0 Å². The van der Waals surface area contributed by atoms with Crippen LogP contribution in [0.3, 0.4) is 0 Å². The Kier molecular flexibility index (Phi) is 3.65. The molecule has 0 aromatic carbocycles. The summed E-state index contributed by atoms with van der Waals surface area (Å²) in [4.78, 5) is 15.8. The number of nitrogens with zero attached hydrogens (tertiary/aromatic N) is 5. The minimum absolute atomic E-state index is 0.0506. The molecule has 0 fully saturated rings. The normalized spacial score (nSPS) is 12.3. The lowest BCUT2D eigenvalue weighted by molar-refractivity contribution is 0.105. The first-order valence-corrected chi connectivity index (χ1v) is 5.21. The highest BCUT2D eigenvalue weighted by Crippen LogP contribution is 2.06. The van der Waals surface area contributed by atoms with Crippen molar-refractivity contribution in [2.75, 3.05) is 24.2 Å². The molecule has 5 N–H and O–H groups in total. The van der Waals surface area contributed by atoms with Gasteiger partial charge in [0, 0.05) is 18.9 Å². The fourth-order valence-corrected chi connectivity index (χ4v) is 1.23. The Morgan fingerprint density at radius 3 is 2.89 bits per heavy atom. The Bertz CT molecular complexity index is 502. The van der Waals surface area contributed by atoms with Crippen molar-refractivity contribution in [1.29, 1.82) is 0 Å². The van der Waals surface area contributed by atoms with Crippen molar-refractivity contribution in [3.8, 4) is 5.95 Å². The molecule has 0 aliphatic carbocycles. The van der Waals surface area contributed by atoms with Gasteiger partial charge in [-0.05, 0) is 0 Å². The quantitative estimate of drug-likeness (QED) is 0.499. The Morgan fingerprint density at radius 1 is 1.39 bits per heavy atom. The number of anilines is 2. The first kappa shape index (κ1) is 12.2. The van der Waals surface area contributed by atoms with Gasteiger partial charge in [0.25, 0.3) is 0 Å². The first-order valence-electron chi connectivity index (χ1n) is 5.21. The van der Waals surface area contributed by atoms with Crippen LogP contribution in [0, 0.1) is 0 Å². The zero-order chi connectivity index (χ0) is 13.0. The van der Waals surface area contributed by atoms with Crippen LogP contribution in [-0.4, -0.2) is 54.0 Å². The largest absolute Gasteiger partial charge is 0.394 e. The maximum Gasteiger partial charge on any atom is 0.241 e. The van der Waals surface area contributed by atoms with E-state index in [-0.39, 0.29) is 25.0 Å². The highest BCUT2D eigenvalue weighted by atomic mass is 16.3. The van der Waals surface area contributed by atoms with Gasteiger partial charge < -0.3 is 21.3 Å². The van der Waals surface area contributed by atoms with E-state index >= 15 is 0 Å². The molecule has 0 aliphatic heterocycles. The fourth-order valence-electron chi connectivity index (χ4n) is 1.23. The maximum absolute atomic E-state index is 9.21. The van der Waals surface area contributed by atoms with E-state index in [1.165, 1.54) is 6.33 Å². The molecule has 0 amide bonds. The van der Waals surface area contributed by atoms with Crippen LogP contribution in [0.25, 0.3) is 5.95 Å². The lowest BCUT2D eigenvalue weighted by atomic mass is 10.4. The highest BCUT2D eigenvalue weighted by molar-refractivity contribution is 5.35. The number of hydrogen-bond acceptors (Lipinski definition) is 8. The van der Waals surface area contributed by atoms with E-state index in [1.807, 2.05) is 0 Å². The van der Waals surface area contributed by atoms with Gasteiger partial charge in [-0.3, -0.25) is 4.57 Å². The van der Waals surface area contributed by atoms with Crippen LogP contribution >= 0.6 is 0 Å². The Hall–Kier alpha value is -2.26. The van der Waals surface area contributed by atoms with Gasteiger partial charge >= 0.3 is 0 Å². The summed E-state index contributed by atoms with van der Waals surface area (Å²) < 4.78 is 1.58. The summed E-state index contributed by atoms with van der Waals surface area (Å²) in [5.41, 5.74) is 5.56. The molecule has 0 saturated heterocycles. The molecule has 0 saturated carbocycles. The van der Waals surface area contributed by atoms with Crippen LogP contribution in [0.15, 0.2) is 18.7 Å². The molecule has 0 spiro atoms. The van der Waals surface area contributed by atoms with E-state index in [4.69, 9.17) is 10.8 Å². The lowest BCUT2D eigenvalue weighted by Crippen LogP contribution is -2.24. The van der Waals surface area contributed by atoms with E-state index in [9.17, 15) is 5.11 Å².